The second kappa shape index (κ2) is 11.2. The van der Waals surface area contributed by atoms with Crippen molar-refractivity contribution >= 4 is 17.5 Å². The van der Waals surface area contributed by atoms with Crippen LogP contribution in [0.2, 0.25) is 0 Å². The summed E-state index contributed by atoms with van der Waals surface area (Å²) in [6.07, 6.45) is -4.29. The van der Waals surface area contributed by atoms with Gasteiger partial charge in [-0.05, 0) is 41.8 Å². The largest absolute Gasteiger partial charge is 0.494 e. The standard InChI is InChI=1S/C27H26F4N2O3/c1-32(2)25(34)24(19-7-5-4-6-8-19)26(35)33(21-13-14-23(36-3)22(28)17-21)16-15-18-9-11-20(12-10-18)27(29,30)31/h4-14,17,24H,15-16H2,1-3H3. The number of amides is 2. The van der Waals surface area contributed by atoms with E-state index in [1.165, 1.54) is 55.3 Å². The minimum Gasteiger partial charge on any atom is -0.494 e. The summed E-state index contributed by atoms with van der Waals surface area (Å²) in [4.78, 5) is 29.5. The lowest BCUT2D eigenvalue weighted by atomic mass is 9.95. The molecule has 0 saturated heterocycles. The van der Waals surface area contributed by atoms with Crippen molar-refractivity contribution in [2.24, 2.45) is 0 Å². The minimum absolute atomic E-state index is 0.00000874. The molecule has 0 N–H and O–H groups in total. The van der Waals surface area contributed by atoms with Crippen molar-refractivity contribution in [3.8, 4) is 5.75 Å². The molecule has 9 heteroatoms. The van der Waals surface area contributed by atoms with Crippen molar-refractivity contribution in [1.82, 2.24) is 4.90 Å². The Balaban J connectivity index is 1.99. The smallest absolute Gasteiger partial charge is 0.416 e. The van der Waals surface area contributed by atoms with Gasteiger partial charge in [0.15, 0.2) is 11.6 Å². The molecule has 0 aliphatic carbocycles. The predicted octanol–water partition coefficient (Wildman–Crippen LogP) is 5.30. The summed E-state index contributed by atoms with van der Waals surface area (Å²) >= 11 is 0. The Hall–Kier alpha value is -3.88. The number of hydrogen-bond donors (Lipinski definition) is 0. The van der Waals surface area contributed by atoms with Crippen molar-refractivity contribution in [3.63, 3.8) is 0 Å². The molecule has 0 bridgehead atoms. The van der Waals surface area contributed by atoms with Crippen molar-refractivity contribution < 1.29 is 31.9 Å². The number of hydrogen-bond acceptors (Lipinski definition) is 3. The first-order valence-electron chi connectivity index (χ1n) is 11.1. The van der Waals surface area contributed by atoms with Crippen molar-refractivity contribution in [2.75, 3.05) is 32.6 Å². The summed E-state index contributed by atoms with van der Waals surface area (Å²) in [6.45, 7) is 0.00000874. The number of alkyl halides is 3. The van der Waals surface area contributed by atoms with Crippen LogP contribution in [0.1, 0.15) is 22.6 Å². The van der Waals surface area contributed by atoms with Crippen LogP contribution in [0, 0.1) is 5.82 Å². The molecule has 1 atom stereocenters. The predicted molar refractivity (Wildman–Crippen MR) is 128 cm³/mol. The Kier molecular flexibility index (Phi) is 8.34. The van der Waals surface area contributed by atoms with Crippen molar-refractivity contribution in [2.45, 2.75) is 18.5 Å². The Labute approximate surface area is 206 Å². The molecule has 5 nitrogen and oxygen atoms in total. The minimum atomic E-state index is -4.46. The Bertz CT molecular complexity index is 1200. The third-order valence-electron chi connectivity index (χ3n) is 5.69. The first-order chi connectivity index (χ1) is 17.0. The van der Waals surface area contributed by atoms with E-state index in [1.807, 2.05) is 0 Å². The zero-order valence-corrected chi connectivity index (χ0v) is 20.1. The van der Waals surface area contributed by atoms with Gasteiger partial charge in [-0.15, -0.1) is 0 Å². The molecule has 0 heterocycles. The number of benzene rings is 3. The number of carbonyl (C=O) groups is 2. The van der Waals surface area contributed by atoms with Crippen LogP contribution in [-0.2, 0) is 22.2 Å². The van der Waals surface area contributed by atoms with E-state index in [4.69, 9.17) is 4.74 Å². The molecule has 3 aromatic rings. The number of rotatable bonds is 8. The third-order valence-corrected chi connectivity index (χ3v) is 5.69. The SMILES string of the molecule is COc1ccc(N(CCc2ccc(C(F)(F)F)cc2)C(=O)C(C(=O)N(C)C)c2ccccc2)cc1F. The van der Waals surface area contributed by atoms with Crippen LogP contribution < -0.4 is 9.64 Å². The van der Waals surface area contributed by atoms with E-state index in [2.05, 4.69) is 0 Å². The Morgan fingerprint density at radius 3 is 2.08 bits per heavy atom. The van der Waals surface area contributed by atoms with Crippen LogP contribution in [0.4, 0.5) is 23.2 Å². The molecule has 190 valence electrons. The number of halogens is 4. The first-order valence-corrected chi connectivity index (χ1v) is 11.1. The maximum Gasteiger partial charge on any atom is 0.416 e. The van der Waals surface area contributed by atoms with E-state index in [9.17, 15) is 27.2 Å². The second-order valence-electron chi connectivity index (χ2n) is 8.33. The summed E-state index contributed by atoms with van der Waals surface area (Å²) < 4.78 is 58.3. The van der Waals surface area contributed by atoms with E-state index < -0.39 is 35.3 Å². The van der Waals surface area contributed by atoms with Gasteiger partial charge < -0.3 is 14.5 Å². The molecule has 0 spiro atoms. The highest BCUT2D eigenvalue weighted by atomic mass is 19.4. The highest BCUT2D eigenvalue weighted by Crippen LogP contribution is 2.30. The van der Waals surface area contributed by atoms with Crippen LogP contribution in [0.5, 0.6) is 5.75 Å². The van der Waals surface area contributed by atoms with Gasteiger partial charge in [0.1, 0.15) is 5.92 Å². The zero-order chi connectivity index (χ0) is 26.5. The molecule has 0 radical (unpaired) electrons. The summed E-state index contributed by atoms with van der Waals surface area (Å²) in [7, 11) is 4.38. The molecule has 0 aliphatic heterocycles. The molecular weight excluding hydrogens is 476 g/mol. The Morgan fingerprint density at radius 1 is 0.917 bits per heavy atom. The van der Waals surface area contributed by atoms with Crippen LogP contribution in [0.3, 0.4) is 0 Å². The molecule has 0 aromatic heterocycles. The number of methoxy groups -OCH3 is 1. The lowest BCUT2D eigenvalue weighted by molar-refractivity contribution is -0.138. The number of ether oxygens (including phenoxy) is 1. The van der Waals surface area contributed by atoms with E-state index in [-0.39, 0.29) is 24.4 Å². The first kappa shape index (κ1) is 26.7. The fourth-order valence-electron chi connectivity index (χ4n) is 3.74. The molecule has 0 fully saturated rings. The molecule has 36 heavy (non-hydrogen) atoms. The van der Waals surface area contributed by atoms with Crippen LogP contribution >= 0.6 is 0 Å². The van der Waals surface area contributed by atoms with E-state index >= 15 is 0 Å². The molecule has 3 aromatic carbocycles. The average molecular weight is 503 g/mol. The van der Waals surface area contributed by atoms with Crippen LogP contribution in [0.25, 0.3) is 0 Å². The summed E-state index contributed by atoms with van der Waals surface area (Å²) in [5, 5.41) is 0. The molecule has 0 saturated carbocycles. The Morgan fingerprint density at radius 2 is 1.56 bits per heavy atom. The number of carbonyl (C=O) groups excluding carboxylic acids is 2. The molecule has 0 aliphatic rings. The average Bonchev–Trinajstić information content (AvgIpc) is 2.84. The molecular formula is C27H26F4N2O3. The van der Waals surface area contributed by atoms with Gasteiger partial charge in [-0.3, -0.25) is 9.59 Å². The second-order valence-corrected chi connectivity index (χ2v) is 8.33. The van der Waals surface area contributed by atoms with Gasteiger partial charge in [-0.2, -0.15) is 13.2 Å². The number of anilines is 1. The molecule has 1 unspecified atom stereocenters. The third kappa shape index (κ3) is 6.21. The number of likely N-dealkylation sites (N-methyl/N-ethyl adjacent to an activating group) is 1. The maximum absolute atomic E-state index is 14.6. The highest BCUT2D eigenvalue weighted by Gasteiger charge is 2.34. The lowest BCUT2D eigenvalue weighted by Gasteiger charge is -2.29. The van der Waals surface area contributed by atoms with Crippen LogP contribution in [0.15, 0.2) is 72.8 Å². The van der Waals surface area contributed by atoms with Crippen molar-refractivity contribution in [3.05, 3.63) is 95.3 Å². The van der Waals surface area contributed by atoms with Gasteiger partial charge >= 0.3 is 6.18 Å². The lowest BCUT2D eigenvalue weighted by Crippen LogP contribution is -2.43. The number of nitrogens with zero attached hydrogens (tertiary/aromatic N) is 2. The van der Waals surface area contributed by atoms with E-state index in [1.54, 1.807) is 30.3 Å². The quantitative estimate of drug-likeness (QED) is 0.310. The fourth-order valence-corrected chi connectivity index (χ4v) is 3.74. The van der Waals surface area contributed by atoms with Gasteiger partial charge in [-0.1, -0.05) is 42.5 Å². The maximum atomic E-state index is 14.6. The van der Waals surface area contributed by atoms with E-state index in [0.717, 1.165) is 18.2 Å². The van der Waals surface area contributed by atoms with Gasteiger partial charge in [0.2, 0.25) is 11.8 Å². The highest BCUT2D eigenvalue weighted by molar-refractivity contribution is 6.12. The monoisotopic (exact) mass is 502 g/mol. The summed E-state index contributed by atoms with van der Waals surface area (Å²) in [5.41, 5.74) is 0.425. The van der Waals surface area contributed by atoms with Gasteiger partial charge in [0.05, 0.1) is 12.7 Å². The summed E-state index contributed by atoms with van der Waals surface area (Å²) in [6, 6.07) is 17.1. The molecule has 2 amide bonds. The normalized spacial score (nSPS) is 12.1. The van der Waals surface area contributed by atoms with Gasteiger partial charge in [-0.25, -0.2) is 4.39 Å². The molecule has 3 rings (SSSR count). The van der Waals surface area contributed by atoms with Crippen LogP contribution in [-0.4, -0.2) is 44.5 Å². The topological polar surface area (TPSA) is 49.9 Å². The fraction of sp³-hybridized carbons (Fsp3) is 0.259. The van der Waals surface area contributed by atoms with E-state index in [0.29, 0.717) is 11.1 Å². The van der Waals surface area contributed by atoms with Crippen molar-refractivity contribution in [1.29, 1.82) is 0 Å². The van der Waals surface area contributed by atoms with Gasteiger partial charge in [0.25, 0.3) is 0 Å². The van der Waals surface area contributed by atoms with Gasteiger partial charge in [0, 0.05) is 32.4 Å². The zero-order valence-electron chi connectivity index (χ0n) is 20.1. The summed E-state index contributed by atoms with van der Waals surface area (Å²) in [5.74, 6) is -2.95.